The molecule has 102 valence electrons. The van der Waals surface area contributed by atoms with Gasteiger partial charge < -0.3 is 10.3 Å². The van der Waals surface area contributed by atoms with Gasteiger partial charge in [-0.25, -0.2) is 0 Å². The number of aromatic nitrogens is 1. The van der Waals surface area contributed by atoms with Crippen molar-refractivity contribution in [2.24, 2.45) is 0 Å². The van der Waals surface area contributed by atoms with E-state index >= 15 is 0 Å². The number of hydrogen-bond acceptors (Lipinski definition) is 1. The molecule has 1 atom stereocenters. The second kappa shape index (κ2) is 5.93. The molecule has 2 aromatic carbocycles. The molecule has 0 spiro atoms. The summed E-state index contributed by atoms with van der Waals surface area (Å²) in [6.07, 6.45) is 3.17. The fourth-order valence-corrected chi connectivity index (χ4v) is 2.62. The summed E-state index contributed by atoms with van der Waals surface area (Å²) >= 11 is 0. The summed E-state index contributed by atoms with van der Waals surface area (Å²) in [6, 6.07) is 19.4. The molecule has 0 radical (unpaired) electrons. The van der Waals surface area contributed by atoms with E-state index in [1.807, 2.05) is 0 Å². The molecule has 20 heavy (non-hydrogen) atoms. The largest absolute Gasteiger partial charge is 0.361 e. The highest BCUT2D eigenvalue weighted by Crippen LogP contribution is 2.18. The molecule has 3 aromatic rings. The van der Waals surface area contributed by atoms with Crippen molar-refractivity contribution in [2.75, 3.05) is 6.54 Å². The Bertz CT molecular complexity index is 670. The Hall–Kier alpha value is -2.06. The van der Waals surface area contributed by atoms with Crippen molar-refractivity contribution in [2.45, 2.75) is 19.4 Å². The van der Waals surface area contributed by atoms with E-state index in [9.17, 15) is 0 Å². The van der Waals surface area contributed by atoms with E-state index in [-0.39, 0.29) is 0 Å². The zero-order chi connectivity index (χ0) is 13.8. The van der Waals surface area contributed by atoms with Gasteiger partial charge in [0.05, 0.1) is 0 Å². The Morgan fingerprint density at radius 1 is 1.00 bits per heavy atom. The lowest BCUT2D eigenvalue weighted by atomic mass is 10.1. The minimum atomic E-state index is 0.390. The first kappa shape index (κ1) is 12.9. The highest BCUT2D eigenvalue weighted by molar-refractivity contribution is 5.83. The molecule has 0 saturated heterocycles. The topological polar surface area (TPSA) is 27.8 Å². The standard InChI is InChI=1S/C18H20N2/c1-14(15-7-3-2-4-8-15)19-12-11-16-13-20-18-10-6-5-9-17(16)18/h2-10,13-14,19-20H,11-12H2,1H3/t14-/m1/s1. The molecule has 0 saturated carbocycles. The minimum absolute atomic E-state index is 0.390. The van der Waals surface area contributed by atoms with Crippen LogP contribution < -0.4 is 5.32 Å². The first-order valence-corrected chi connectivity index (χ1v) is 7.18. The van der Waals surface area contributed by atoms with Crippen LogP contribution >= 0.6 is 0 Å². The van der Waals surface area contributed by atoms with E-state index in [2.05, 4.69) is 78.0 Å². The summed E-state index contributed by atoms with van der Waals surface area (Å²) in [5, 5.41) is 4.92. The molecule has 3 rings (SSSR count). The molecule has 2 heteroatoms. The quantitative estimate of drug-likeness (QED) is 0.714. The number of nitrogens with one attached hydrogen (secondary N) is 2. The summed E-state index contributed by atoms with van der Waals surface area (Å²) in [5.41, 5.74) is 3.94. The van der Waals surface area contributed by atoms with Gasteiger partial charge in [-0.2, -0.15) is 0 Å². The zero-order valence-electron chi connectivity index (χ0n) is 11.8. The lowest BCUT2D eigenvalue weighted by Gasteiger charge is -2.13. The molecule has 0 fully saturated rings. The summed E-state index contributed by atoms with van der Waals surface area (Å²) in [5.74, 6) is 0. The van der Waals surface area contributed by atoms with Gasteiger partial charge in [0, 0.05) is 23.1 Å². The van der Waals surface area contributed by atoms with Crippen LogP contribution in [0.4, 0.5) is 0 Å². The normalized spacial score (nSPS) is 12.7. The first-order chi connectivity index (χ1) is 9.84. The summed E-state index contributed by atoms with van der Waals surface area (Å²) in [4.78, 5) is 3.33. The molecule has 0 amide bonds. The van der Waals surface area contributed by atoms with Crippen LogP contribution in [-0.4, -0.2) is 11.5 Å². The van der Waals surface area contributed by atoms with Gasteiger partial charge in [-0.15, -0.1) is 0 Å². The molecule has 0 unspecified atom stereocenters. The van der Waals surface area contributed by atoms with Gasteiger partial charge in [0.2, 0.25) is 0 Å². The van der Waals surface area contributed by atoms with E-state index in [0.717, 1.165) is 13.0 Å². The molecule has 0 aliphatic rings. The first-order valence-electron chi connectivity index (χ1n) is 7.18. The van der Waals surface area contributed by atoms with Gasteiger partial charge >= 0.3 is 0 Å². The summed E-state index contributed by atoms with van der Waals surface area (Å²) in [7, 11) is 0. The monoisotopic (exact) mass is 264 g/mol. The Balaban J connectivity index is 1.60. The van der Waals surface area contributed by atoms with Crippen LogP contribution in [0.15, 0.2) is 60.8 Å². The third-order valence-electron chi connectivity index (χ3n) is 3.82. The van der Waals surface area contributed by atoms with Crippen molar-refractivity contribution >= 4 is 10.9 Å². The van der Waals surface area contributed by atoms with E-state index in [1.54, 1.807) is 0 Å². The third kappa shape index (κ3) is 2.75. The zero-order valence-corrected chi connectivity index (χ0v) is 11.8. The molecule has 0 aliphatic carbocycles. The van der Waals surface area contributed by atoms with Crippen LogP contribution in [0.3, 0.4) is 0 Å². The van der Waals surface area contributed by atoms with Crippen LogP contribution in [0, 0.1) is 0 Å². The van der Waals surface area contributed by atoms with Crippen molar-refractivity contribution < 1.29 is 0 Å². The number of aromatic amines is 1. The molecule has 1 aromatic heterocycles. The molecular weight excluding hydrogens is 244 g/mol. The van der Waals surface area contributed by atoms with Gasteiger partial charge in [0.1, 0.15) is 0 Å². The molecule has 0 aliphatic heterocycles. The van der Waals surface area contributed by atoms with Crippen LogP contribution in [-0.2, 0) is 6.42 Å². The number of rotatable bonds is 5. The average molecular weight is 264 g/mol. The number of hydrogen-bond donors (Lipinski definition) is 2. The van der Waals surface area contributed by atoms with E-state index in [4.69, 9.17) is 0 Å². The second-order valence-electron chi connectivity index (χ2n) is 5.20. The number of H-pyrrole nitrogens is 1. The smallest absolute Gasteiger partial charge is 0.0456 e. The predicted octanol–water partition coefficient (Wildman–Crippen LogP) is 4.06. The van der Waals surface area contributed by atoms with Crippen molar-refractivity contribution in [3.05, 3.63) is 71.9 Å². The minimum Gasteiger partial charge on any atom is -0.361 e. The maximum Gasteiger partial charge on any atom is 0.0456 e. The third-order valence-corrected chi connectivity index (χ3v) is 3.82. The lowest BCUT2D eigenvalue weighted by Crippen LogP contribution is -2.21. The Morgan fingerprint density at radius 2 is 1.75 bits per heavy atom. The second-order valence-corrected chi connectivity index (χ2v) is 5.20. The van der Waals surface area contributed by atoms with Crippen molar-refractivity contribution in [1.82, 2.24) is 10.3 Å². The fourth-order valence-electron chi connectivity index (χ4n) is 2.62. The van der Waals surface area contributed by atoms with Gasteiger partial charge in [0.15, 0.2) is 0 Å². The van der Waals surface area contributed by atoms with E-state index in [0.29, 0.717) is 6.04 Å². The molecule has 0 bridgehead atoms. The number of benzene rings is 2. The van der Waals surface area contributed by atoms with Gasteiger partial charge in [-0.1, -0.05) is 48.5 Å². The highest BCUT2D eigenvalue weighted by Gasteiger charge is 2.05. The Labute approximate surface area is 119 Å². The van der Waals surface area contributed by atoms with Gasteiger partial charge in [-0.05, 0) is 37.1 Å². The van der Waals surface area contributed by atoms with Crippen LogP contribution in [0.25, 0.3) is 10.9 Å². The average Bonchev–Trinajstić information content (AvgIpc) is 2.92. The van der Waals surface area contributed by atoms with Crippen molar-refractivity contribution in [3.63, 3.8) is 0 Å². The molecule has 2 N–H and O–H groups in total. The summed E-state index contributed by atoms with van der Waals surface area (Å²) < 4.78 is 0. The van der Waals surface area contributed by atoms with Crippen molar-refractivity contribution in [3.8, 4) is 0 Å². The van der Waals surface area contributed by atoms with E-state index < -0.39 is 0 Å². The van der Waals surface area contributed by atoms with Gasteiger partial charge in [0.25, 0.3) is 0 Å². The van der Waals surface area contributed by atoms with Crippen LogP contribution in [0.2, 0.25) is 0 Å². The molecular formula is C18H20N2. The Kier molecular flexibility index (Phi) is 3.84. The van der Waals surface area contributed by atoms with E-state index in [1.165, 1.54) is 22.0 Å². The highest BCUT2D eigenvalue weighted by atomic mass is 14.9. The predicted molar refractivity (Wildman–Crippen MR) is 84.9 cm³/mol. The number of para-hydroxylation sites is 1. The maximum atomic E-state index is 3.59. The Morgan fingerprint density at radius 3 is 2.60 bits per heavy atom. The van der Waals surface area contributed by atoms with Gasteiger partial charge in [-0.3, -0.25) is 0 Å². The number of fused-ring (bicyclic) bond motifs is 1. The fraction of sp³-hybridized carbons (Fsp3) is 0.222. The van der Waals surface area contributed by atoms with Crippen LogP contribution in [0.1, 0.15) is 24.1 Å². The lowest BCUT2D eigenvalue weighted by molar-refractivity contribution is 0.577. The SMILES string of the molecule is C[C@@H](NCCc1c[nH]c2ccccc12)c1ccccc1. The maximum absolute atomic E-state index is 3.59. The van der Waals surface area contributed by atoms with Crippen LogP contribution in [0.5, 0.6) is 0 Å². The summed E-state index contributed by atoms with van der Waals surface area (Å²) in [6.45, 7) is 3.20. The molecule has 1 heterocycles. The molecule has 2 nitrogen and oxygen atoms in total. The van der Waals surface area contributed by atoms with Crippen molar-refractivity contribution in [1.29, 1.82) is 0 Å².